The SMILES string of the molecule is CC[C@H](CC#N)NC(=O)[C@H](CCCC#N)NC(=O)OC(C)(C)C. The fourth-order valence-electron chi connectivity index (χ4n) is 1.81. The molecular formula is C16H26N4O3. The molecule has 0 fully saturated rings. The van der Waals surface area contributed by atoms with Crippen molar-refractivity contribution in [3.05, 3.63) is 0 Å². The molecule has 0 saturated heterocycles. The van der Waals surface area contributed by atoms with Gasteiger partial charge in [0.1, 0.15) is 11.6 Å². The van der Waals surface area contributed by atoms with Crippen LogP contribution in [0.2, 0.25) is 0 Å². The third kappa shape index (κ3) is 10.1. The molecule has 0 aliphatic rings. The third-order valence-corrected chi connectivity index (χ3v) is 2.97. The molecule has 0 radical (unpaired) electrons. The summed E-state index contributed by atoms with van der Waals surface area (Å²) in [5.74, 6) is -0.365. The summed E-state index contributed by atoms with van der Waals surface area (Å²) in [6, 6.07) is 2.98. The van der Waals surface area contributed by atoms with Crippen LogP contribution in [0.1, 0.15) is 59.8 Å². The fraction of sp³-hybridized carbons (Fsp3) is 0.750. The van der Waals surface area contributed by atoms with E-state index in [4.69, 9.17) is 15.3 Å². The van der Waals surface area contributed by atoms with Gasteiger partial charge in [0.2, 0.25) is 5.91 Å². The molecule has 0 rings (SSSR count). The average molecular weight is 322 g/mol. The maximum Gasteiger partial charge on any atom is 0.408 e. The standard InChI is InChI=1S/C16H26N4O3/c1-5-12(9-11-18)19-14(21)13(8-6-7-10-17)20-15(22)23-16(2,3)4/h12-13H,5-9H2,1-4H3,(H,19,21)(H,20,22)/t12-,13+/m1/s1. The van der Waals surface area contributed by atoms with Crippen molar-refractivity contribution < 1.29 is 14.3 Å². The highest BCUT2D eigenvalue weighted by molar-refractivity contribution is 5.85. The zero-order valence-electron chi connectivity index (χ0n) is 14.3. The lowest BCUT2D eigenvalue weighted by Crippen LogP contribution is -2.50. The van der Waals surface area contributed by atoms with Gasteiger partial charge in [-0.3, -0.25) is 4.79 Å². The van der Waals surface area contributed by atoms with Crippen molar-refractivity contribution >= 4 is 12.0 Å². The van der Waals surface area contributed by atoms with Crippen LogP contribution in [-0.4, -0.2) is 29.7 Å². The summed E-state index contributed by atoms with van der Waals surface area (Å²) in [7, 11) is 0. The Balaban J connectivity index is 4.78. The summed E-state index contributed by atoms with van der Waals surface area (Å²) < 4.78 is 5.16. The number of amides is 2. The van der Waals surface area contributed by atoms with Crippen molar-refractivity contribution in [2.45, 2.75) is 77.5 Å². The number of unbranched alkanes of at least 4 members (excludes halogenated alkanes) is 1. The number of ether oxygens (including phenoxy) is 1. The topological polar surface area (TPSA) is 115 Å². The lowest BCUT2D eigenvalue weighted by Gasteiger charge is -2.24. The van der Waals surface area contributed by atoms with Gasteiger partial charge in [0.25, 0.3) is 0 Å². The minimum absolute atomic E-state index is 0.208. The summed E-state index contributed by atoms with van der Waals surface area (Å²) in [4.78, 5) is 24.2. The zero-order valence-corrected chi connectivity index (χ0v) is 14.3. The Morgan fingerprint density at radius 1 is 1.17 bits per heavy atom. The highest BCUT2D eigenvalue weighted by Gasteiger charge is 2.25. The Morgan fingerprint density at radius 2 is 1.83 bits per heavy atom. The molecule has 0 heterocycles. The monoisotopic (exact) mass is 322 g/mol. The van der Waals surface area contributed by atoms with Gasteiger partial charge in [-0.2, -0.15) is 10.5 Å². The first-order valence-corrected chi connectivity index (χ1v) is 7.77. The zero-order chi connectivity index (χ0) is 17.9. The number of nitrogens with zero attached hydrogens (tertiary/aromatic N) is 2. The number of hydrogen-bond donors (Lipinski definition) is 2. The number of nitrogens with one attached hydrogen (secondary N) is 2. The van der Waals surface area contributed by atoms with Crippen LogP contribution in [0.25, 0.3) is 0 Å². The maximum absolute atomic E-state index is 12.3. The highest BCUT2D eigenvalue weighted by atomic mass is 16.6. The quantitative estimate of drug-likeness (QED) is 0.666. The molecule has 128 valence electrons. The van der Waals surface area contributed by atoms with Crippen LogP contribution in [0.3, 0.4) is 0 Å². The summed E-state index contributed by atoms with van der Waals surface area (Å²) >= 11 is 0. The van der Waals surface area contributed by atoms with Crippen LogP contribution in [0.5, 0.6) is 0 Å². The van der Waals surface area contributed by atoms with Crippen molar-refractivity contribution in [3.8, 4) is 12.1 Å². The van der Waals surface area contributed by atoms with E-state index in [1.165, 1.54) is 0 Å². The number of alkyl carbamates (subject to hydrolysis) is 1. The Bertz CT molecular complexity index is 471. The van der Waals surface area contributed by atoms with E-state index in [0.29, 0.717) is 25.7 Å². The summed E-state index contributed by atoms with van der Waals surface area (Å²) in [5, 5.41) is 22.6. The first-order chi connectivity index (χ1) is 10.7. The molecule has 0 unspecified atom stereocenters. The number of carbonyl (C=O) groups is 2. The predicted molar refractivity (Wildman–Crippen MR) is 85.1 cm³/mol. The van der Waals surface area contributed by atoms with E-state index in [1.807, 2.05) is 19.1 Å². The van der Waals surface area contributed by atoms with Gasteiger partial charge in [-0.15, -0.1) is 0 Å². The van der Waals surface area contributed by atoms with Gasteiger partial charge in [0.15, 0.2) is 0 Å². The summed E-state index contributed by atoms with van der Waals surface area (Å²) in [5.41, 5.74) is -0.662. The van der Waals surface area contributed by atoms with Crippen LogP contribution in [0, 0.1) is 22.7 Å². The smallest absolute Gasteiger partial charge is 0.408 e. The second-order valence-electron chi connectivity index (χ2n) is 6.23. The van der Waals surface area contributed by atoms with Crippen LogP contribution in [-0.2, 0) is 9.53 Å². The van der Waals surface area contributed by atoms with Gasteiger partial charge in [-0.1, -0.05) is 6.92 Å². The van der Waals surface area contributed by atoms with Crippen molar-refractivity contribution in [2.75, 3.05) is 0 Å². The molecule has 0 aromatic carbocycles. The van der Waals surface area contributed by atoms with E-state index in [0.717, 1.165) is 0 Å². The van der Waals surface area contributed by atoms with Gasteiger partial charge in [0.05, 0.1) is 18.6 Å². The number of rotatable bonds is 8. The molecule has 2 atom stereocenters. The molecule has 0 aromatic heterocycles. The molecule has 0 bridgehead atoms. The molecule has 2 amide bonds. The third-order valence-electron chi connectivity index (χ3n) is 2.97. The molecule has 2 N–H and O–H groups in total. The van der Waals surface area contributed by atoms with Gasteiger partial charge in [-0.05, 0) is 40.0 Å². The molecular weight excluding hydrogens is 296 g/mol. The van der Waals surface area contributed by atoms with Crippen LogP contribution < -0.4 is 10.6 Å². The minimum atomic E-state index is -0.786. The molecule has 0 aliphatic heterocycles. The predicted octanol–water partition coefficient (Wildman–Crippen LogP) is 2.38. The van der Waals surface area contributed by atoms with E-state index in [1.54, 1.807) is 20.8 Å². The first kappa shape index (κ1) is 20.7. The van der Waals surface area contributed by atoms with E-state index < -0.39 is 17.7 Å². The van der Waals surface area contributed by atoms with Gasteiger partial charge >= 0.3 is 6.09 Å². The van der Waals surface area contributed by atoms with Crippen molar-refractivity contribution in [1.82, 2.24) is 10.6 Å². The van der Waals surface area contributed by atoms with E-state index >= 15 is 0 Å². The molecule has 7 nitrogen and oxygen atoms in total. The molecule has 0 aromatic rings. The fourth-order valence-corrected chi connectivity index (χ4v) is 1.81. The van der Waals surface area contributed by atoms with Gasteiger partial charge in [0, 0.05) is 12.5 Å². The first-order valence-electron chi connectivity index (χ1n) is 7.77. The molecule has 0 saturated carbocycles. The second-order valence-corrected chi connectivity index (χ2v) is 6.23. The van der Waals surface area contributed by atoms with Gasteiger partial charge in [-0.25, -0.2) is 4.79 Å². The molecule has 0 aliphatic carbocycles. The Labute approximate surface area is 138 Å². The maximum atomic E-state index is 12.3. The summed E-state index contributed by atoms with van der Waals surface area (Å²) in [6.07, 6.45) is 1.27. The van der Waals surface area contributed by atoms with Crippen molar-refractivity contribution in [3.63, 3.8) is 0 Å². The number of nitriles is 2. The Morgan fingerprint density at radius 3 is 2.30 bits per heavy atom. The van der Waals surface area contributed by atoms with E-state index in [-0.39, 0.29) is 18.4 Å². The van der Waals surface area contributed by atoms with Crippen LogP contribution >= 0.6 is 0 Å². The van der Waals surface area contributed by atoms with E-state index in [9.17, 15) is 9.59 Å². The van der Waals surface area contributed by atoms with E-state index in [2.05, 4.69) is 10.6 Å². The lowest BCUT2D eigenvalue weighted by atomic mass is 10.1. The van der Waals surface area contributed by atoms with Crippen LogP contribution in [0.4, 0.5) is 4.79 Å². The largest absolute Gasteiger partial charge is 0.444 e. The van der Waals surface area contributed by atoms with Crippen molar-refractivity contribution in [2.24, 2.45) is 0 Å². The summed E-state index contributed by atoms with van der Waals surface area (Å²) in [6.45, 7) is 7.07. The van der Waals surface area contributed by atoms with Crippen molar-refractivity contribution in [1.29, 1.82) is 10.5 Å². The Kier molecular flexibility index (Phi) is 9.41. The highest BCUT2D eigenvalue weighted by Crippen LogP contribution is 2.09. The molecule has 23 heavy (non-hydrogen) atoms. The molecule has 7 heteroatoms. The normalized spacial score (nSPS) is 13.1. The van der Waals surface area contributed by atoms with Crippen LogP contribution in [0.15, 0.2) is 0 Å². The lowest BCUT2D eigenvalue weighted by molar-refractivity contribution is -0.124. The minimum Gasteiger partial charge on any atom is -0.444 e. The van der Waals surface area contributed by atoms with Gasteiger partial charge < -0.3 is 15.4 Å². The Hall–Kier alpha value is -2.28. The number of carbonyl (C=O) groups excluding carboxylic acids is 2. The second kappa shape index (κ2) is 10.4. The molecule has 0 spiro atoms. The number of hydrogen-bond acceptors (Lipinski definition) is 5. The average Bonchev–Trinajstić information content (AvgIpc) is 2.43.